The zero-order chi connectivity index (χ0) is 17.5. The van der Waals surface area contributed by atoms with Crippen molar-refractivity contribution in [2.45, 2.75) is 70.3 Å². The third-order valence-corrected chi connectivity index (χ3v) is 5.74. The van der Waals surface area contributed by atoms with E-state index in [2.05, 4.69) is 56.9 Å². The van der Waals surface area contributed by atoms with Crippen LogP contribution in [0.25, 0.3) is 0 Å². The van der Waals surface area contributed by atoms with E-state index in [1.165, 1.54) is 22.3 Å². The van der Waals surface area contributed by atoms with Gasteiger partial charge in [-0.1, -0.05) is 32.9 Å². The fraction of sp³-hybridized carbons (Fsp3) is 0.579. The summed E-state index contributed by atoms with van der Waals surface area (Å²) in [5.41, 5.74) is 5.02. The molecule has 0 radical (unpaired) electrons. The Bertz CT molecular complexity index is 747. The second kappa shape index (κ2) is 6.43. The smallest absolute Gasteiger partial charge is 0.229 e. The van der Waals surface area contributed by atoms with E-state index in [1.807, 2.05) is 0 Å². The maximum Gasteiger partial charge on any atom is 0.229 e. The summed E-state index contributed by atoms with van der Waals surface area (Å²) in [7, 11) is -1.05. The third kappa shape index (κ3) is 3.94. The van der Waals surface area contributed by atoms with E-state index in [0.29, 0.717) is 29.2 Å². The third-order valence-electron chi connectivity index (χ3n) is 4.56. The summed E-state index contributed by atoms with van der Waals surface area (Å²) in [6.07, 6.45) is 2.26. The Morgan fingerprint density at radius 3 is 2.29 bits per heavy atom. The van der Waals surface area contributed by atoms with Gasteiger partial charge in [0.2, 0.25) is 11.8 Å². The second-order valence-electron chi connectivity index (χ2n) is 7.88. The summed E-state index contributed by atoms with van der Waals surface area (Å²) < 4.78 is 18.2. The van der Waals surface area contributed by atoms with Crippen molar-refractivity contribution in [3.05, 3.63) is 46.2 Å². The molecular weight excluding hydrogens is 320 g/mol. The average molecular weight is 346 g/mol. The van der Waals surface area contributed by atoms with Crippen LogP contribution in [0.1, 0.15) is 73.6 Å². The molecule has 5 heteroatoms. The van der Waals surface area contributed by atoms with Crippen molar-refractivity contribution < 1.29 is 8.63 Å². The predicted molar refractivity (Wildman–Crippen MR) is 96.4 cm³/mol. The zero-order valence-electron chi connectivity index (χ0n) is 15.2. The topological polar surface area (TPSA) is 56.0 Å². The first-order chi connectivity index (χ1) is 11.2. The first kappa shape index (κ1) is 17.3. The minimum absolute atomic E-state index is 0.121. The van der Waals surface area contributed by atoms with E-state index >= 15 is 0 Å². The molecule has 1 heterocycles. The Balaban J connectivity index is 1.71. The van der Waals surface area contributed by atoms with Gasteiger partial charge in [-0.05, 0) is 54.4 Å². The van der Waals surface area contributed by atoms with Crippen LogP contribution in [0.3, 0.4) is 0 Å². The molecule has 3 rings (SSSR count). The molecular formula is C19H26N2O2S. The predicted octanol–water partition coefficient (Wildman–Crippen LogP) is 4.31. The number of rotatable bonds is 5. The molecule has 0 bridgehead atoms. The lowest BCUT2D eigenvalue weighted by atomic mass is 9.84. The maximum absolute atomic E-state index is 12.5. The fourth-order valence-corrected chi connectivity index (χ4v) is 4.10. The standard InChI is InChI=1S/C19H26N2O2S/c1-12-8-15(19(3,4)5)9-13(2)16(12)10-24(22)11-17-20-21-18(23-17)14-6-7-14/h8-9,14H,6-7,10-11H2,1-5H3. The Kier molecular flexibility index (Phi) is 4.65. The molecule has 130 valence electrons. The van der Waals surface area contributed by atoms with Crippen molar-refractivity contribution in [2.75, 3.05) is 0 Å². The summed E-state index contributed by atoms with van der Waals surface area (Å²) in [6.45, 7) is 10.9. The van der Waals surface area contributed by atoms with Gasteiger partial charge < -0.3 is 4.42 Å². The molecule has 24 heavy (non-hydrogen) atoms. The fourth-order valence-electron chi connectivity index (χ4n) is 2.82. The highest BCUT2D eigenvalue weighted by Gasteiger charge is 2.29. The highest BCUT2D eigenvalue weighted by molar-refractivity contribution is 7.83. The Morgan fingerprint density at radius 1 is 1.12 bits per heavy atom. The Hall–Kier alpha value is -1.49. The molecule has 0 saturated heterocycles. The van der Waals surface area contributed by atoms with E-state index in [-0.39, 0.29) is 5.41 Å². The van der Waals surface area contributed by atoms with Crippen molar-refractivity contribution in [1.29, 1.82) is 0 Å². The summed E-state index contributed by atoms with van der Waals surface area (Å²) in [4.78, 5) is 0. The summed E-state index contributed by atoms with van der Waals surface area (Å²) in [5.74, 6) is 2.51. The van der Waals surface area contributed by atoms with Crippen LogP contribution in [0.15, 0.2) is 16.5 Å². The van der Waals surface area contributed by atoms with Crippen molar-refractivity contribution in [3.63, 3.8) is 0 Å². The summed E-state index contributed by atoms with van der Waals surface area (Å²) in [6, 6.07) is 4.44. The molecule has 1 atom stereocenters. The van der Waals surface area contributed by atoms with Gasteiger partial charge in [0.15, 0.2) is 0 Å². The van der Waals surface area contributed by atoms with E-state index in [9.17, 15) is 4.21 Å². The Labute approximate surface area is 146 Å². The summed E-state index contributed by atoms with van der Waals surface area (Å²) in [5, 5.41) is 8.10. The molecule has 1 saturated carbocycles. The minimum atomic E-state index is -1.05. The van der Waals surface area contributed by atoms with Crippen LogP contribution >= 0.6 is 0 Å². The number of aryl methyl sites for hydroxylation is 2. The number of nitrogens with zero attached hydrogens (tertiary/aromatic N) is 2. The van der Waals surface area contributed by atoms with Crippen LogP contribution < -0.4 is 0 Å². The van der Waals surface area contributed by atoms with Gasteiger partial charge in [0.1, 0.15) is 5.75 Å². The van der Waals surface area contributed by atoms with E-state index in [0.717, 1.165) is 12.8 Å². The number of benzene rings is 1. The largest absolute Gasteiger partial charge is 0.424 e. The monoisotopic (exact) mass is 346 g/mol. The van der Waals surface area contributed by atoms with Gasteiger partial charge in [0.05, 0.1) is 0 Å². The van der Waals surface area contributed by atoms with Crippen molar-refractivity contribution in [2.24, 2.45) is 0 Å². The van der Waals surface area contributed by atoms with Gasteiger partial charge in [-0.25, -0.2) is 0 Å². The SMILES string of the molecule is Cc1cc(C(C)(C)C)cc(C)c1CS(=O)Cc1nnc(C2CC2)o1. The average Bonchev–Trinajstić information content (AvgIpc) is 3.22. The van der Waals surface area contributed by atoms with Gasteiger partial charge >= 0.3 is 0 Å². The number of hydrogen-bond donors (Lipinski definition) is 0. The molecule has 1 aliphatic carbocycles. The van der Waals surface area contributed by atoms with Gasteiger partial charge in [0.25, 0.3) is 0 Å². The molecule has 1 aliphatic rings. The van der Waals surface area contributed by atoms with E-state index in [4.69, 9.17) is 4.42 Å². The van der Waals surface area contributed by atoms with Crippen LogP contribution in [0, 0.1) is 13.8 Å². The van der Waals surface area contributed by atoms with Crippen LogP contribution in [-0.2, 0) is 27.7 Å². The normalized spacial score (nSPS) is 16.4. The van der Waals surface area contributed by atoms with Gasteiger partial charge in [-0.2, -0.15) is 0 Å². The lowest BCUT2D eigenvalue weighted by Crippen LogP contribution is -2.13. The molecule has 0 aliphatic heterocycles. The van der Waals surface area contributed by atoms with E-state index in [1.54, 1.807) is 0 Å². The van der Waals surface area contributed by atoms with Gasteiger partial charge in [-0.3, -0.25) is 4.21 Å². The van der Waals surface area contributed by atoms with Gasteiger partial charge in [-0.15, -0.1) is 10.2 Å². The second-order valence-corrected chi connectivity index (χ2v) is 9.33. The summed E-state index contributed by atoms with van der Waals surface area (Å²) >= 11 is 0. The van der Waals surface area contributed by atoms with E-state index < -0.39 is 10.8 Å². The molecule has 1 aromatic carbocycles. The molecule has 0 amide bonds. The molecule has 1 aromatic heterocycles. The molecule has 1 unspecified atom stereocenters. The maximum atomic E-state index is 12.5. The van der Waals surface area contributed by atoms with Crippen LogP contribution in [0.5, 0.6) is 0 Å². The molecule has 0 N–H and O–H groups in total. The van der Waals surface area contributed by atoms with Gasteiger partial charge in [0, 0.05) is 22.5 Å². The number of hydrogen-bond acceptors (Lipinski definition) is 4. The highest BCUT2D eigenvalue weighted by Crippen LogP contribution is 2.39. The Morgan fingerprint density at radius 2 is 1.75 bits per heavy atom. The number of aromatic nitrogens is 2. The minimum Gasteiger partial charge on any atom is -0.424 e. The van der Waals surface area contributed by atoms with Crippen molar-refractivity contribution in [1.82, 2.24) is 10.2 Å². The first-order valence-electron chi connectivity index (χ1n) is 8.52. The highest BCUT2D eigenvalue weighted by atomic mass is 32.2. The van der Waals surface area contributed by atoms with Crippen LogP contribution in [0.2, 0.25) is 0 Å². The van der Waals surface area contributed by atoms with Crippen LogP contribution in [-0.4, -0.2) is 14.4 Å². The molecule has 2 aromatic rings. The molecule has 1 fully saturated rings. The quantitative estimate of drug-likeness (QED) is 0.809. The van der Waals surface area contributed by atoms with Crippen LogP contribution in [0.4, 0.5) is 0 Å². The molecule has 0 spiro atoms. The zero-order valence-corrected chi connectivity index (χ0v) is 16.0. The first-order valence-corrected chi connectivity index (χ1v) is 10.0. The van der Waals surface area contributed by atoms with Crippen molar-refractivity contribution >= 4 is 10.8 Å². The lowest BCUT2D eigenvalue weighted by molar-refractivity contribution is 0.465. The molecule has 4 nitrogen and oxygen atoms in total. The lowest BCUT2D eigenvalue weighted by Gasteiger charge is -2.22. The van der Waals surface area contributed by atoms with Crippen molar-refractivity contribution in [3.8, 4) is 0 Å².